The minimum atomic E-state index is -4.03. The molecule has 0 atom stereocenters. The normalized spacial score (nSPS) is 11.7. The van der Waals surface area contributed by atoms with Gasteiger partial charge in [-0.1, -0.05) is 29.8 Å². The Labute approximate surface area is 190 Å². The van der Waals surface area contributed by atoms with Crippen LogP contribution in [0.15, 0.2) is 81.5 Å². The largest absolute Gasteiger partial charge is 0.493 e. The van der Waals surface area contributed by atoms with Crippen molar-refractivity contribution in [1.29, 1.82) is 0 Å². The third-order valence-electron chi connectivity index (χ3n) is 4.93. The molecule has 3 aromatic carbocycles. The van der Waals surface area contributed by atoms with E-state index in [4.69, 9.17) is 8.92 Å². The van der Waals surface area contributed by atoms with Crippen LogP contribution < -0.4 is 14.5 Å². The molecule has 4 rings (SSSR count). The summed E-state index contributed by atoms with van der Waals surface area (Å²) in [6, 6.07) is 18.0. The fraction of sp³-hybridized carbons (Fsp3) is 0.125. The molecule has 0 radical (unpaired) electrons. The van der Waals surface area contributed by atoms with Crippen LogP contribution in [0.4, 0.5) is 0 Å². The second kappa shape index (κ2) is 8.87. The number of rotatable bonds is 6. The molecule has 0 fully saturated rings. The van der Waals surface area contributed by atoms with Gasteiger partial charge in [0.25, 0.3) is 5.56 Å². The van der Waals surface area contributed by atoms with Crippen LogP contribution in [0.2, 0.25) is 0 Å². The minimum Gasteiger partial charge on any atom is -0.493 e. The number of aryl methyl sites for hydroxylation is 2. The summed E-state index contributed by atoms with van der Waals surface area (Å²) in [4.78, 5) is 17.2. The highest BCUT2D eigenvalue weighted by atomic mass is 32.2. The molecule has 1 aromatic heterocycles. The lowest BCUT2D eigenvalue weighted by Gasteiger charge is -2.11. The lowest BCUT2D eigenvalue weighted by atomic mass is 10.2. The quantitative estimate of drug-likeness (QED) is 0.320. The van der Waals surface area contributed by atoms with Gasteiger partial charge in [-0.2, -0.15) is 18.2 Å². The summed E-state index contributed by atoms with van der Waals surface area (Å²) < 4.78 is 37.0. The highest BCUT2D eigenvalue weighted by Gasteiger charge is 2.19. The van der Waals surface area contributed by atoms with Gasteiger partial charge in [0, 0.05) is 0 Å². The molecule has 0 aliphatic carbocycles. The molecule has 0 spiro atoms. The van der Waals surface area contributed by atoms with Gasteiger partial charge in [0.1, 0.15) is 10.7 Å². The fourth-order valence-electron chi connectivity index (χ4n) is 3.20. The van der Waals surface area contributed by atoms with Crippen molar-refractivity contribution >= 4 is 27.2 Å². The predicted molar refractivity (Wildman–Crippen MR) is 126 cm³/mol. The smallest absolute Gasteiger partial charge is 0.339 e. The lowest BCUT2D eigenvalue weighted by molar-refractivity contribution is 0.390. The summed E-state index contributed by atoms with van der Waals surface area (Å²) >= 11 is 0. The molecule has 0 unspecified atom stereocenters. The van der Waals surface area contributed by atoms with E-state index in [-0.39, 0.29) is 22.0 Å². The molecular weight excluding hydrogens is 442 g/mol. The van der Waals surface area contributed by atoms with Crippen molar-refractivity contribution in [1.82, 2.24) is 9.66 Å². The Kier molecular flexibility index (Phi) is 5.97. The van der Waals surface area contributed by atoms with E-state index in [9.17, 15) is 13.2 Å². The number of hydrogen-bond acceptors (Lipinski definition) is 7. The van der Waals surface area contributed by atoms with E-state index in [0.29, 0.717) is 22.3 Å². The number of para-hydroxylation sites is 1. The fourth-order valence-corrected chi connectivity index (χ4v) is 4.14. The second-order valence-electron chi connectivity index (χ2n) is 7.30. The Bertz CT molecular complexity index is 1520. The van der Waals surface area contributed by atoms with Crippen LogP contribution in [-0.2, 0) is 10.1 Å². The van der Waals surface area contributed by atoms with Gasteiger partial charge in [-0.15, -0.1) is 0 Å². The van der Waals surface area contributed by atoms with Crippen LogP contribution in [0.25, 0.3) is 10.9 Å². The van der Waals surface area contributed by atoms with Crippen LogP contribution in [0.1, 0.15) is 17.0 Å². The van der Waals surface area contributed by atoms with Crippen LogP contribution in [0.3, 0.4) is 0 Å². The molecule has 4 aromatic rings. The molecule has 0 N–H and O–H groups in total. The van der Waals surface area contributed by atoms with Gasteiger partial charge in [-0.3, -0.25) is 4.79 Å². The molecule has 168 valence electrons. The van der Waals surface area contributed by atoms with Crippen molar-refractivity contribution in [2.24, 2.45) is 5.10 Å². The molecule has 1 heterocycles. The topological polar surface area (TPSA) is 99.8 Å². The maximum atomic E-state index is 12.8. The number of fused-ring (bicyclic) bond motifs is 1. The van der Waals surface area contributed by atoms with E-state index < -0.39 is 10.1 Å². The van der Waals surface area contributed by atoms with Gasteiger partial charge in [0.05, 0.1) is 24.2 Å². The Morgan fingerprint density at radius 3 is 2.42 bits per heavy atom. The van der Waals surface area contributed by atoms with Gasteiger partial charge in [0.2, 0.25) is 0 Å². The summed E-state index contributed by atoms with van der Waals surface area (Å²) in [6.07, 6.45) is 1.46. The molecule has 8 nitrogen and oxygen atoms in total. The first-order valence-electron chi connectivity index (χ1n) is 10.0. The van der Waals surface area contributed by atoms with E-state index in [1.54, 1.807) is 49.4 Å². The van der Waals surface area contributed by atoms with Gasteiger partial charge < -0.3 is 8.92 Å². The average molecular weight is 464 g/mol. The Balaban J connectivity index is 1.64. The van der Waals surface area contributed by atoms with Gasteiger partial charge >= 0.3 is 10.1 Å². The molecule has 0 aliphatic heterocycles. The van der Waals surface area contributed by atoms with Crippen molar-refractivity contribution in [2.45, 2.75) is 18.7 Å². The lowest BCUT2D eigenvalue weighted by Crippen LogP contribution is -2.20. The third kappa shape index (κ3) is 4.63. The molecule has 0 amide bonds. The van der Waals surface area contributed by atoms with Crippen LogP contribution in [-0.4, -0.2) is 31.4 Å². The monoisotopic (exact) mass is 463 g/mol. The molecule has 0 saturated carbocycles. The zero-order valence-electron chi connectivity index (χ0n) is 18.2. The summed E-state index contributed by atoms with van der Waals surface area (Å²) in [5, 5.41) is 4.72. The zero-order chi connectivity index (χ0) is 23.6. The number of aromatic nitrogens is 2. The Morgan fingerprint density at radius 1 is 0.970 bits per heavy atom. The zero-order valence-corrected chi connectivity index (χ0v) is 19.0. The summed E-state index contributed by atoms with van der Waals surface area (Å²) in [6.45, 7) is 3.56. The van der Waals surface area contributed by atoms with E-state index in [0.717, 1.165) is 5.56 Å². The van der Waals surface area contributed by atoms with E-state index in [1.807, 2.05) is 13.0 Å². The van der Waals surface area contributed by atoms with E-state index in [1.165, 1.54) is 36.2 Å². The van der Waals surface area contributed by atoms with Crippen molar-refractivity contribution in [3.05, 3.63) is 94.0 Å². The van der Waals surface area contributed by atoms with Crippen LogP contribution in [0.5, 0.6) is 11.5 Å². The standard InChI is InChI=1S/C24H21N3O5S/c1-16-8-11-19(12-9-16)33(29,30)32-22-13-10-18(14-23(22)31-3)15-25-27-17(2)26-21-7-5-4-6-20(21)24(27)28/h4-15H,1-3H3/b25-15+. The molecule has 9 heteroatoms. The first-order valence-corrected chi connectivity index (χ1v) is 11.4. The Hall–Kier alpha value is -3.98. The van der Waals surface area contributed by atoms with Crippen molar-refractivity contribution in [3.63, 3.8) is 0 Å². The highest BCUT2D eigenvalue weighted by molar-refractivity contribution is 7.87. The molecule has 0 aliphatic rings. The maximum absolute atomic E-state index is 12.8. The summed E-state index contributed by atoms with van der Waals surface area (Å²) in [5.41, 5.74) is 1.83. The van der Waals surface area contributed by atoms with Crippen LogP contribution >= 0.6 is 0 Å². The van der Waals surface area contributed by atoms with Crippen molar-refractivity contribution in [3.8, 4) is 11.5 Å². The second-order valence-corrected chi connectivity index (χ2v) is 8.84. The first-order chi connectivity index (χ1) is 15.8. The number of nitrogens with zero attached hydrogens (tertiary/aromatic N) is 3. The Morgan fingerprint density at radius 2 is 1.70 bits per heavy atom. The predicted octanol–water partition coefficient (Wildman–Crippen LogP) is 3.67. The van der Waals surface area contributed by atoms with E-state index >= 15 is 0 Å². The highest BCUT2D eigenvalue weighted by Crippen LogP contribution is 2.30. The maximum Gasteiger partial charge on any atom is 0.339 e. The molecular formula is C24H21N3O5S. The number of ether oxygens (including phenoxy) is 1. The van der Waals surface area contributed by atoms with Gasteiger partial charge in [0.15, 0.2) is 11.5 Å². The number of methoxy groups -OCH3 is 1. The minimum absolute atomic E-state index is 0.0379. The van der Waals surface area contributed by atoms with Gasteiger partial charge in [-0.25, -0.2) is 4.98 Å². The SMILES string of the molecule is COc1cc(/C=N/n2c(C)nc3ccccc3c2=O)ccc1OS(=O)(=O)c1ccc(C)cc1. The number of hydrogen-bond donors (Lipinski definition) is 0. The summed E-state index contributed by atoms with van der Waals surface area (Å²) in [7, 11) is -2.62. The molecule has 0 saturated heterocycles. The number of benzene rings is 3. The van der Waals surface area contributed by atoms with Crippen molar-refractivity contribution < 1.29 is 17.3 Å². The van der Waals surface area contributed by atoms with E-state index in [2.05, 4.69) is 10.1 Å². The van der Waals surface area contributed by atoms with Crippen molar-refractivity contribution in [2.75, 3.05) is 7.11 Å². The summed E-state index contributed by atoms with van der Waals surface area (Å²) in [5.74, 6) is 0.678. The first kappa shape index (κ1) is 22.2. The molecule has 33 heavy (non-hydrogen) atoms. The average Bonchev–Trinajstić information content (AvgIpc) is 2.80. The third-order valence-corrected chi connectivity index (χ3v) is 6.18. The molecule has 0 bridgehead atoms. The van der Waals surface area contributed by atoms with Gasteiger partial charge in [-0.05, 0) is 61.9 Å². The van der Waals surface area contributed by atoms with Crippen LogP contribution in [0, 0.1) is 13.8 Å².